The number of rotatable bonds is 3. The lowest BCUT2D eigenvalue weighted by molar-refractivity contribution is -0.183. The second-order valence-corrected chi connectivity index (χ2v) is 6.00. The third-order valence-electron chi connectivity index (χ3n) is 4.22. The van der Waals surface area contributed by atoms with Crippen molar-refractivity contribution >= 4 is 23.0 Å². The van der Waals surface area contributed by atoms with Gasteiger partial charge in [0.1, 0.15) is 10.6 Å². The van der Waals surface area contributed by atoms with Crippen LogP contribution in [0.2, 0.25) is 5.15 Å². The molecule has 0 aliphatic carbocycles. The Bertz CT molecular complexity index is 774. The topological polar surface area (TPSA) is 63.3 Å². The van der Waals surface area contributed by atoms with Crippen molar-refractivity contribution in [2.75, 3.05) is 12.0 Å². The summed E-state index contributed by atoms with van der Waals surface area (Å²) in [6.07, 6.45) is -3.42. The van der Waals surface area contributed by atoms with E-state index in [0.717, 1.165) is 0 Å². The largest absolute Gasteiger partial charge is 0.400 e. The average Bonchev–Trinajstić information content (AvgIpc) is 3.01. The Morgan fingerprint density at radius 2 is 1.88 bits per heavy atom. The number of alkyl halides is 3. The van der Waals surface area contributed by atoms with Crippen molar-refractivity contribution in [2.45, 2.75) is 18.0 Å². The molecular weight excluding hydrogens is 341 g/mol. The van der Waals surface area contributed by atoms with E-state index in [1.165, 1.54) is 18.3 Å². The minimum atomic E-state index is -4.46. The molecule has 1 aliphatic heterocycles. The predicted molar refractivity (Wildman–Crippen MR) is 87.3 cm³/mol. The molecule has 0 bridgehead atoms. The van der Waals surface area contributed by atoms with Crippen molar-refractivity contribution in [1.82, 2.24) is 4.98 Å². The fourth-order valence-electron chi connectivity index (χ4n) is 2.83. The van der Waals surface area contributed by atoms with Gasteiger partial charge in [-0.25, -0.2) is 4.98 Å². The lowest BCUT2D eigenvalue weighted by Crippen LogP contribution is -2.43. The normalized spacial score (nSPS) is 20.8. The summed E-state index contributed by atoms with van der Waals surface area (Å²) in [5, 5.41) is 0.0305. The van der Waals surface area contributed by atoms with Crippen LogP contribution in [0.3, 0.4) is 0 Å². The quantitative estimate of drug-likeness (QED) is 0.501. The zero-order chi connectivity index (χ0) is 17.4. The molecule has 8 heteroatoms. The SMILES string of the molecule is NNc1ccc(C2=NCC(c3ccnc(Cl)c3)(C(F)(F)F)C2)cc1. The van der Waals surface area contributed by atoms with Gasteiger partial charge in [0, 0.05) is 24.0 Å². The Labute approximate surface area is 141 Å². The maximum atomic E-state index is 13.9. The molecule has 0 saturated carbocycles. The summed E-state index contributed by atoms with van der Waals surface area (Å²) in [6.45, 7) is -0.372. The predicted octanol–water partition coefficient (Wildman–Crippen LogP) is 3.71. The Morgan fingerprint density at radius 1 is 1.17 bits per heavy atom. The molecule has 4 nitrogen and oxygen atoms in total. The number of pyridine rings is 1. The van der Waals surface area contributed by atoms with Crippen LogP contribution in [0.15, 0.2) is 47.6 Å². The van der Waals surface area contributed by atoms with Crippen molar-refractivity contribution in [2.24, 2.45) is 10.8 Å². The lowest BCUT2D eigenvalue weighted by Gasteiger charge is -2.31. The van der Waals surface area contributed by atoms with Gasteiger partial charge < -0.3 is 5.43 Å². The van der Waals surface area contributed by atoms with Crippen molar-refractivity contribution in [3.8, 4) is 0 Å². The second kappa shape index (κ2) is 6.07. The van der Waals surface area contributed by atoms with Gasteiger partial charge in [-0.1, -0.05) is 23.7 Å². The highest BCUT2D eigenvalue weighted by molar-refractivity contribution is 6.29. The number of hydrogen-bond donors (Lipinski definition) is 2. The van der Waals surface area contributed by atoms with E-state index in [4.69, 9.17) is 17.4 Å². The van der Waals surface area contributed by atoms with Gasteiger partial charge in [0.15, 0.2) is 0 Å². The van der Waals surface area contributed by atoms with Crippen LogP contribution in [0.1, 0.15) is 17.5 Å². The number of nitrogens with one attached hydrogen (secondary N) is 1. The summed E-state index contributed by atoms with van der Waals surface area (Å²) in [5.41, 5.74) is 2.18. The smallest absolute Gasteiger partial charge is 0.324 e. The molecule has 3 rings (SSSR count). The standard InChI is InChI=1S/C16H14ClF3N4/c17-14-7-11(5-6-22-14)15(16(18,19)20)8-13(23-9-15)10-1-3-12(24-21)4-2-10/h1-7,24H,8-9,21H2. The Balaban J connectivity index is 1.97. The molecule has 0 spiro atoms. The number of hydrazine groups is 1. The number of hydrogen-bond acceptors (Lipinski definition) is 4. The molecule has 0 amide bonds. The molecule has 0 fully saturated rings. The molecule has 0 saturated heterocycles. The molecule has 1 unspecified atom stereocenters. The number of nitrogens with two attached hydrogens (primary N) is 1. The number of nitrogen functional groups attached to an aromatic ring is 1. The van der Waals surface area contributed by atoms with Gasteiger partial charge in [0.2, 0.25) is 0 Å². The molecule has 126 valence electrons. The Kier molecular flexibility index (Phi) is 4.23. The number of benzene rings is 1. The van der Waals surface area contributed by atoms with E-state index < -0.39 is 11.6 Å². The number of halogens is 4. The van der Waals surface area contributed by atoms with E-state index in [2.05, 4.69) is 15.4 Å². The minimum absolute atomic E-state index is 0.0305. The van der Waals surface area contributed by atoms with Gasteiger partial charge in [0.05, 0.1) is 6.54 Å². The number of nitrogens with zero attached hydrogens (tertiary/aromatic N) is 2. The van der Waals surface area contributed by atoms with Gasteiger partial charge in [-0.05, 0) is 35.4 Å². The summed E-state index contributed by atoms with van der Waals surface area (Å²) >= 11 is 5.79. The first-order chi connectivity index (χ1) is 11.4. The van der Waals surface area contributed by atoms with Gasteiger partial charge >= 0.3 is 6.18 Å². The molecule has 1 aromatic heterocycles. The van der Waals surface area contributed by atoms with E-state index in [0.29, 0.717) is 17.0 Å². The summed E-state index contributed by atoms with van der Waals surface area (Å²) < 4.78 is 41.6. The van der Waals surface area contributed by atoms with Gasteiger partial charge in [0.25, 0.3) is 0 Å². The van der Waals surface area contributed by atoms with Crippen LogP contribution in [0.5, 0.6) is 0 Å². The highest BCUT2D eigenvalue weighted by atomic mass is 35.5. The summed E-state index contributed by atoms with van der Waals surface area (Å²) in [4.78, 5) is 7.93. The Morgan fingerprint density at radius 3 is 2.46 bits per heavy atom. The molecule has 1 aromatic carbocycles. The maximum absolute atomic E-state index is 13.9. The molecule has 0 radical (unpaired) electrons. The van der Waals surface area contributed by atoms with Crippen LogP contribution in [-0.2, 0) is 5.41 Å². The van der Waals surface area contributed by atoms with Crippen molar-refractivity contribution in [3.05, 3.63) is 58.9 Å². The highest BCUT2D eigenvalue weighted by Crippen LogP contribution is 2.48. The van der Waals surface area contributed by atoms with Gasteiger partial charge in [-0.3, -0.25) is 10.8 Å². The van der Waals surface area contributed by atoms with Crippen LogP contribution in [-0.4, -0.2) is 23.4 Å². The van der Waals surface area contributed by atoms with Crippen LogP contribution in [0, 0.1) is 0 Å². The fourth-order valence-corrected chi connectivity index (χ4v) is 3.00. The van der Waals surface area contributed by atoms with Crippen LogP contribution >= 0.6 is 11.6 Å². The first-order valence-corrected chi connectivity index (χ1v) is 7.53. The Hall–Kier alpha value is -2.12. The molecule has 2 aromatic rings. The zero-order valence-electron chi connectivity index (χ0n) is 12.4. The summed E-state index contributed by atoms with van der Waals surface area (Å²) in [5.74, 6) is 5.30. The first kappa shape index (κ1) is 16.7. The summed E-state index contributed by atoms with van der Waals surface area (Å²) in [6, 6.07) is 9.37. The minimum Gasteiger partial charge on any atom is -0.324 e. The van der Waals surface area contributed by atoms with E-state index in [9.17, 15) is 13.2 Å². The van der Waals surface area contributed by atoms with Crippen molar-refractivity contribution in [3.63, 3.8) is 0 Å². The molecule has 2 heterocycles. The monoisotopic (exact) mass is 354 g/mol. The van der Waals surface area contributed by atoms with Crippen LogP contribution < -0.4 is 11.3 Å². The third kappa shape index (κ3) is 2.85. The summed E-state index contributed by atoms with van der Waals surface area (Å²) in [7, 11) is 0. The van der Waals surface area contributed by atoms with Crippen LogP contribution in [0.25, 0.3) is 0 Å². The average molecular weight is 355 g/mol. The molecule has 1 aliphatic rings. The molecular formula is C16H14ClF3N4. The van der Waals surface area contributed by atoms with E-state index in [1.807, 2.05) is 0 Å². The van der Waals surface area contributed by atoms with E-state index >= 15 is 0 Å². The molecule has 24 heavy (non-hydrogen) atoms. The van der Waals surface area contributed by atoms with Crippen molar-refractivity contribution in [1.29, 1.82) is 0 Å². The lowest BCUT2D eigenvalue weighted by atomic mass is 9.77. The second-order valence-electron chi connectivity index (χ2n) is 5.61. The van der Waals surface area contributed by atoms with Gasteiger partial charge in [-0.15, -0.1) is 0 Å². The zero-order valence-corrected chi connectivity index (χ0v) is 13.2. The molecule has 1 atom stereocenters. The number of aliphatic imine (C=N–C) groups is 1. The first-order valence-electron chi connectivity index (χ1n) is 7.15. The maximum Gasteiger partial charge on any atom is 0.400 e. The van der Waals surface area contributed by atoms with Crippen molar-refractivity contribution < 1.29 is 13.2 Å². The van der Waals surface area contributed by atoms with Gasteiger partial charge in [-0.2, -0.15) is 13.2 Å². The number of aromatic nitrogens is 1. The fraction of sp³-hybridized carbons (Fsp3) is 0.250. The van der Waals surface area contributed by atoms with E-state index in [1.54, 1.807) is 24.3 Å². The molecule has 3 N–H and O–H groups in total. The highest BCUT2D eigenvalue weighted by Gasteiger charge is 2.58. The van der Waals surface area contributed by atoms with Crippen LogP contribution in [0.4, 0.5) is 18.9 Å². The number of anilines is 1. The third-order valence-corrected chi connectivity index (χ3v) is 4.42. The van der Waals surface area contributed by atoms with E-state index in [-0.39, 0.29) is 23.7 Å².